The summed E-state index contributed by atoms with van der Waals surface area (Å²) in [5.74, 6) is 1.54. The zero-order valence-corrected chi connectivity index (χ0v) is 16.3. The van der Waals surface area contributed by atoms with E-state index in [0.717, 1.165) is 36.8 Å². The molecule has 136 valence electrons. The van der Waals surface area contributed by atoms with Crippen LogP contribution in [0, 0.1) is 11.3 Å². The number of allylic oxidation sites excluding steroid dienone is 6. The number of methoxy groups -OCH3 is 1. The second-order valence-electron chi connectivity index (χ2n) is 7.45. The monoisotopic (exact) mass is 340 g/mol. The van der Waals surface area contributed by atoms with E-state index in [-0.39, 0.29) is 11.2 Å². The van der Waals surface area contributed by atoms with Crippen LogP contribution >= 0.6 is 0 Å². The van der Waals surface area contributed by atoms with E-state index in [1.807, 2.05) is 6.07 Å². The second-order valence-corrected chi connectivity index (χ2v) is 7.45. The van der Waals surface area contributed by atoms with Gasteiger partial charge in [-0.3, -0.25) is 0 Å². The largest absolute Gasteiger partial charge is 0.508 e. The molecule has 0 fully saturated rings. The van der Waals surface area contributed by atoms with E-state index in [9.17, 15) is 5.11 Å². The predicted octanol–water partition coefficient (Wildman–Crippen LogP) is 6.52. The standard InChI is InChI=1S/C23H32O2/c1-6-23(4,17(2)3)20-12-8-7-10-18(11-9-13-20)19-14-21(24)16-22(15-19)25-5/h9-11,13-17,24H,6-8,12H2,1-5H3. The number of phenols is 1. The Balaban J connectivity index is 2.35. The number of hydrogen-bond acceptors (Lipinski definition) is 2. The number of phenolic OH excluding ortho intramolecular Hbond substituents is 1. The fourth-order valence-electron chi connectivity index (χ4n) is 3.53. The summed E-state index contributed by atoms with van der Waals surface area (Å²) in [5.41, 5.74) is 3.93. The first-order chi connectivity index (χ1) is 11.9. The van der Waals surface area contributed by atoms with Gasteiger partial charge in [0.05, 0.1) is 7.11 Å². The SMILES string of the molecule is CCC(C)(C1=CC=CC(c2cc(O)cc(OC)c2)=CCCC1)C(C)C. The normalized spacial score (nSPS) is 17.8. The third-order valence-corrected chi connectivity index (χ3v) is 5.79. The van der Waals surface area contributed by atoms with Crippen LogP contribution in [0.15, 0.2) is 48.1 Å². The van der Waals surface area contributed by atoms with Gasteiger partial charge in [0, 0.05) is 6.07 Å². The number of rotatable bonds is 5. The first kappa shape index (κ1) is 19.4. The van der Waals surface area contributed by atoms with E-state index in [0.29, 0.717) is 11.7 Å². The Labute approximate surface area is 152 Å². The minimum absolute atomic E-state index is 0.234. The van der Waals surface area contributed by atoms with Crippen LogP contribution in [0.5, 0.6) is 11.5 Å². The van der Waals surface area contributed by atoms with Crippen LogP contribution in [0.4, 0.5) is 0 Å². The number of ether oxygens (including phenoxy) is 1. The molecule has 1 aliphatic carbocycles. The lowest BCUT2D eigenvalue weighted by atomic mass is 9.69. The summed E-state index contributed by atoms with van der Waals surface area (Å²) in [6, 6.07) is 5.41. The molecule has 0 saturated heterocycles. The molecule has 0 aliphatic heterocycles. The van der Waals surface area contributed by atoms with Crippen molar-refractivity contribution in [2.45, 2.75) is 53.4 Å². The molecule has 1 N–H and O–H groups in total. The number of aromatic hydroxyl groups is 1. The van der Waals surface area contributed by atoms with Crippen molar-refractivity contribution in [1.82, 2.24) is 0 Å². The quantitative estimate of drug-likeness (QED) is 0.661. The van der Waals surface area contributed by atoms with Gasteiger partial charge in [0.1, 0.15) is 11.5 Å². The molecule has 1 aromatic carbocycles. The van der Waals surface area contributed by atoms with Gasteiger partial charge in [-0.1, -0.05) is 57.6 Å². The van der Waals surface area contributed by atoms with Crippen LogP contribution in [-0.4, -0.2) is 12.2 Å². The summed E-state index contributed by atoms with van der Waals surface area (Å²) < 4.78 is 5.29. The fourth-order valence-corrected chi connectivity index (χ4v) is 3.53. The van der Waals surface area contributed by atoms with Gasteiger partial charge in [0.15, 0.2) is 0 Å². The predicted molar refractivity (Wildman–Crippen MR) is 107 cm³/mol. The van der Waals surface area contributed by atoms with Gasteiger partial charge >= 0.3 is 0 Å². The molecule has 0 bridgehead atoms. The Kier molecular flexibility index (Phi) is 6.52. The van der Waals surface area contributed by atoms with Gasteiger partial charge in [0.2, 0.25) is 0 Å². The van der Waals surface area contributed by atoms with Gasteiger partial charge in [-0.2, -0.15) is 0 Å². The first-order valence-electron chi connectivity index (χ1n) is 9.37. The highest BCUT2D eigenvalue weighted by Crippen LogP contribution is 2.41. The van der Waals surface area contributed by atoms with Crippen LogP contribution in [0.25, 0.3) is 5.57 Å². The van der Waals surface area contributed by atoms with E-state index in [1.54, 1.807) is 24.8 Å². The number of benzene rings is 1. The molecular formula is C23H32O2. The third-order valence-electron chi connectivity index (χ3n) is 5.79. The van der Waals surface area contributed by atoms with Gasteiger partial charge < -0.3 is 9.84 Å². The van der Waals surface area contributed by atoms with Gasteiger partial charge in [-0.05, 0) is 60.3 Å². The molecule has 0 amide bonds. The summed E-state index contributed by atoms with van der Waals surface area (Å²) in [6.07, 6.45) is 13.4. The molecule has 1 atom stereocenters. The topological polar surface area (TPSA) is 29.5 Å². The Bertz CT molecular complexity index is 679. The molecule has 0 aromatic heterocycles. The molecule has 2 nitrogen and oxygen atoms in total. The van der Waals surface area contributed by atoms with Crippen molar-refractivity contribution in [2.24, 2.45) is 11.3 Å². The zero-order valence-electron chi connectivity index (χ0n) is 16.3. The molecule has 0 radical (unpaired) electrons. The summed E-state index contributed by atoms with van der Waals surface area (Å²) >= 11 is 0. The molecule has 2 heteroatoms. The third kappa shape index (κ3) is 4.56. The maximum atomic E-state index is 9.94. The van der Waals surface area contributed by atoms with Crippen molar-refractivity contribution in [1.29, 1.82) is 0 Å². The average Bonchev–Trinajstić information content (AvgIpc) is 2.72. The molecule has 0 saturated carbocycles. The van der Waals surface area contributed by atoms with E-state index in [1.165, 1.54) is 0 Å². The molecule has 0 heterocycles. The van der Waals surface area contributed by atoms with E-state index in [4.69, 9.17) is 4.74 Å². The highest BCUT2D eigenvalue weighted by Gasteiger charge is 2.29. The van der Waals surface area contributed by atoms with Gasteiger partial charge in [-0.15, -0.1) is 0 Å². The van der Waals surface area contributed by atoms with Crippen molar-refractivity contribution in [3.05, 3.63) is 53.6 Å². The van der Waals surface area contributed by atoms with Gasteiger partial charge in [0.25, 0.3) is 0 Å². The van der Waals surface area contributed by atoms with Crippen LogP contribution in [0.1, 0.15) is 58.9 Å². The molecular weight excluding hydrogens is 308 g/mol. The highest BCUT2D eigenvalue weighted by molar-refractivity contribution is 5.76. The minimum atomic E-state index is 0.234. The van der Waals surface area contributed by atoms with Crippen molar-refractivity contribution >= 4 is 5.57 Å². The van der Waals surface area contributed by atoms with Crippen LogP contribution in [-0.2, 0) is 0 Å². The van der Waals surface area contributed by atoms with Crippen molar-refractivity contribution < 1.29 is 9.84 Å². The Morgan fingerprint density at radius 3 is 2.64 bits per heavy atom. The average molecular weight is 341 g/mol. The first-order valence-corrected chi connectivity index (χ1v) is 9.37. The summed E-state index contributed by atoms with van der Waals surface area (Å²) in [6.45, 7) is 9.33. The zero-order chi connectivity index (χ0) is 18.4. The number of hydrogen-bond donors (Lipinski definition) is 1. The Hall–Kier alpha value is -1.96. The van der Waals surface area contributed by atoms with Crippen LogP contribution in [0.2, 0.25) is 0 Å². The lowest BCUT2D eigenvalue weighted by molar-refractivity contribution is 0.257. The van der Waals surface area contributed by atoms with Crippen molar-refractivity contribution in [2.75, 3.05) is 7.11 Å². The Morgan fingerprint density at radius 1 is 1.24 bits per heavy atom. The molecule has 2 rings (SSSR count). The Morgan fingerprint density at radius 2 is 2.00 bits per heavy atom. The van der Waals surface area contributed by atoms with Crippen molar-refractivity contribution in [3.8, 4) is 11.5 Å². The minimum Gasteiger partial charge on any atom is -0.508 e. The maximum Gasteiger partial charge on any atom is 0.123 e. The smallest absolute Gasteiger partial charge is 0.123 e. The fraction of sp³-hybridized carbons (Fsp3) is 0.478. The maximum absolute atomic E-state index is 9.94. The highest BCUT2D eigenvalue weighted by atomic mass is 16.5. The molecule has 1 aromatic rings. The molecule has 0 spiro atoms. The molecule has 1 aliphatic rings. The van der Waals surface area contributed by atoms with Crippen molar-refractivity contribution in [3.63, 3.8) is 0 Å². The molecule has 1 unspecified atom stereocenters. The molecule has 25 heavy (non-hydrogen) atoms. The lowest BCUT2D eigenvalue weighted by Gasteiger charge is -2.36. The summed E-state index contributed by atoms with van der Waals surface area (Å²) in [5, 5.41) is 9.94. The van der Waals surface area contributed by atoms with E-state index >= 15 is 0 Å². The van der Waals surface area contributed by atoms with Crippen LogP contribution in [0.3, 0.4) is 0 Å². The second kappa shape index (κ2) is 8.42. The summed E-state index contributed by atoms with van der Waals surface area (Å²) in [4.78, 5) is 0. The van der Waals surface area contributed by atoms with Gasteiger partial charge in [-0.25, -0.2) is 0 Å². The summed E-state index contributed by atoms with van der Waals surface area (Å²) in [7, 11) is 1.62. The van der Waals surface area contributed by atoms with E-state index in [2.05, 4.69) is 52.0 Å². The van der Waals surface area contributed by atoms with E-state index < -0.39 is 0 Å². The lowest BCUT2D eigenvalue weighted by Crippen LogP contribution is -2.25. The van der Waals surface area contributed by atoms with Crippen LogP contribution < -0.4 is 4.74 Å².